The Bertz CT molecular complexity index is 638. The van der Waals surface area contributed by atoms with Gasteiger partial charge in [0.05, 0.1) is 5.56 Å². The maximum Gasteiger partial charge on any atom is 0.416 e. The number of hydrogen-bond acceptors (Lipinski definition) is 2. The van der Waals surface area contributed by atoms with Gasteiger partial charge in [-0.25, -0.2) is 0 Å². The van der Waals surface area contributed by atoms with Crippen LogP contribution >= 0.6 is 12.4 Å². The molecule has 3 rings (SSSR count). The number of benzene rings is 2. The topological polar surface area (TPSA) is 38.0 Å². The number of alkyl halides is 3. The molecule has 2 aromatic rings. The van der Waals surface area contributed by atoms with Crippen molar-refractivity contribution in [1.82, 2.24) is 0 Å². The largest absolute Gasteiger partial charge is 0.416 e. The van der Waals surface area contributed by atoms with Crippen LogP contribution in [0.25, 0.3) is 0 Å². The molecule has 1 fully saturated rings. The van der Waals surface area contributed by atoms with E-state index in [-0.39, 0.29) is 18.4 Å². The highest BCUT2D eigenvalue weighted by atomic mass is 35.5. The van der Waals surface area contributed by atoms with Crippen molar-refractivity contribution in [2.24, 2.45) is 5.73 Å². The van der Waals surface area contributed by atoms with Crippen molar-refractivity contribution < 1.29 is 13.2 Å². The van der Waals surface area contributed by atoms with Gasteiger partial charge in [0, 0.05) is 24.2 Å². The number of rotatable bonds is 4. The minimum Gasteiger partial charge on any atom is -0.381 e. The second-order valence-corrected chi connectivity index (χ2v) is 5.68. The average Bonchev–Trinajstić information content (AvgIpc) is 3.22. The number of nitrogens with two attached hydrogens (primary N) is 1. The third kappa shape index (κ3) is 4.39. The van der Waals surface area contributed by atoms with Crippen molar-refractivity contribution in [2.75, 3.05) is 5.32 Å². The molecule has 0 heterocycles. The quantitative estimate of drug-likeness (QED) is 0.855. The predicted molar refractivity (Wildman–Crippen MR) is 87.8 cm³/mol. The molecular weight excluding hydrogens is 325 g/mol. The molecular formula is C17H18ClF3N2. The molecule has 0 aromatic heterocycles. The van der Waals surface area contributed by atoms with Crippen molar-refractivity contribution >= 4 is 18.1 Å². The standard InChI is InChI=1S/C17H17F3N2.ClH/c18-17(19,20)13-5-1-11(2-6-13)10-22-14-7-3-12(4-8-14)15-9-16(15)21;/h1-8,15-16,22H,9-10,21H2;1H. The van der Waals surface area contributed by atoms with Crippen LogP contribution in [0.2, 0.25) is 0 Å². The molecule has 6 heteroatoms. The van der Waals surface area contributed by atoms with Crippen molar-refractivity contribution in [3.8, 4) is 0 Å². The fourth-order valence-corrected chi connectivity index (χ4v) is 2.46. The van der Waals surface area contributed by atoms with Crippen molar-refractivity contribution in [1.29, 1.82) is 0 Å². The Kier molecular flexibility index (Phi) is 5.22. The summed E-state index contributed by atoms with van der Waals surface area (Å²) in [5, 5.41) is 3.20. The van der Waals surface area contributed by atoms with E-state index in [4.69, 9.17) is 5.73 Å². The van der Waals surface area contributed by atoms with Gasteiger partial charge in [0.25, 0.3) is 0 Å². The van der Waals surface area contributed by atoms with Crippen LogP contribution in [-0.2, 0) is 12.7 Å². The van der Waals surface area contributed by atoms with Crippen LogP contribution in [0.3, 0.4) is 0 Å². The van der Waals surface area contributed by atoms with E-state index < -0.39 is 11.7 Å². The first-order chi connectivity index (χ1) is 10.4. The summed E-state index contributed by atoms with van der Waals surface area (Å²) in [6.07, 6.45) is -3.25. The molecule has 0 spiro atoms. The van der Waals surface area contributed by atoms with E-state index in [0.717, 1.165) is 29.8 Å². The van der Waals surface area contributed by atoms with E-state index in [1.54, 1.807) is 0 Å². The normalized spacial score (nSPS) is 19.8. The van der Waals surface area contributed by atoms with Crippen molar-refractivity contribution in [3.05, 3.63) is 65.2 Å². The van der Waals surface area contributed by atoms with Gasteiger partial charge in [-0.3, -0.25) is 0 Å². The van der Waals surface area contributed by atoms with Crippen LogP contribution in [0.1, 0.15) is 29.0 Å². The summed E-state index contributed by atoms with van der Waals surface area (Å²) in [7, 11) is 0. The second kappa shape index (κ2) is 6.81. The summed E-state index contributed by atoms with van der Waals surface area (Å²) in [4.78, 5) is 0. The van der Waals surface area contributed by atoms with Crippen LogP contribution in [0.5, 0.6) is 0 Å². The van der Waals surface area contributed by atoms with Gasteiger partial charge in [-0.2, -0.15) is 13.2 Å². The highest BCUT2D eigenvalue weighted by molar-refractivity contribution is 5.85. The minimum absolute atomic E-state index is 0. The van der Waals surface area contributed by atoms with E-state index in [1.165, 1.54) is 17.7 Å². The Labute approximate surface area is 139 Å². The van der Waals surface area contributed by atoms with Crippen LogP contribution in [0.15, 0.2) is 48.5 Å². The molecule has 0 amide bonds. The number of anilines is 1. The maximum absolute atomic E-state index is 12.5. The first-order valence-corrected chi connectivity index (χ1v) is 7.19. The SMILES string of the molecule is Cl.NC1CC1c1ccc(NCc2ccc(C(F)(F)F)cc2)cc1. The molecule has 0 radical (unpaired) electrons. The van der Waals surface area contributed by atoms with E-state index in [2.05, 4.69) is 5.32 Å². The smallest absolute Gasteiger partial charge is 0.381 e. The Morgan fingerprint density at radius 3 is 2.04 bits per heavy atom. The lowest BCUT2D eigenvalue weighted by Crippen LogP contribution is -2.05. The first-order valence-electron chi connectivity index (χ1n) is 7.19. The Hall–Kier alpha value is -1.72. The van der Waals surface area contributed by atoms with Gasteiger partial charge in [-0.15, -0.1) is 12.4 Å². The highest BCUT2D eigenvalue weighted by Crippen LogP contribution is 2.39. The predicted octanol–water partition coefficient (Wildman–Crippen LogP) is 4.55. The van der Waals surface area contributed by atoms with Gasteiger partial charge in [-0.05, 0) is 41.8 Å². The summed E-state index contributed by atoms with van der Waals surface area (Å²) in [6, 6.07) is 13.5. The monoisotopic (exact) mass is 342 g/mol. The minimum atomic E-state index is -4.29. The molecule has 0 saturated heterocycles. The first kappa shape index (κ1) is 17.6. The van der Waals surface area contributed by atoms with E-state index in [0.29, 0.717) is 12.5 Å². The molecule has 23 heavy (non-hydrogen) atoms. The van der Waals surface area contributed by atoms with Crippen LogP contribution in [-0.4, -0.2) is 6.04 Å². The molecule has 2 atom stereocenters. The fraction of sp³-hybridized carbons (Fsp3) is 0.294. The molecule has 3 N–H and O–H groups in total. The lowest BCUT2D eigenvalue weighted by Gasteiger charge is -2.10. The Morgan fingerprint density at radius 1 is 1.00 bits per heavy atom. The summed E-state index contributed by atoms with van der Waals surface area (Å²) < 4.78 is 37.4. The molecule has 2 unspecified atom stereocenters. The Morgan fingerprint density at radius 2 is 1.57 bits per heavy atom. The van der Waals surface area contributed by atoms with Crippen LogP contribution < -0.4 is 11.1 Å². The summed E-state index contributed by atoms with van der Waals surface area (Å²) in [5.74, 6) is 0.476. The lowest BCUT2D eigenvalue weighted by molar-refractivity contribution is -0.137. The molecule has 0 aliphatic heterocycles. The zero-order valence-electron chi connectivity index (χ0n) is 12.3. The summed E-state index contributed by atoms with van der Waals surface area (Å²) >= 11 is 0. The Balaban J connectivity index is 0.00000192. The van der Waals surface area contributed by atoms with E-state index in [9.17, 15) is 13.2 Å². The molecule has 1 aliphatic carbocycles. The molecule has 0 bridgehead atoms. The summed E-state index contributed by atoms with van der Waals surface area (Å²) in [6.45, 7) is 0.487. The number of nitrogens with one attached hydrogen (secondary N) is 1. The average molecular weight is 343 g/mol. The van der Waals surface area contributed by atoms with Crippen LogP contribution in [0.4, 0.5) is 18.9 Å². The van der Waals surface area contributed by atoms with Gasteiger partial charge in [0.2, 0.25) is 0 Å². The third-order valence-electron chi connectivity index (χ3n) is 3.96. The number of halogens is 4. The zero-order chi connectivity index (χ0) is 15.7. The third-order valence-corrected chi connectivity index (χ3v) is 3.96. The fourth-order valence-electron chi connectivity index (χ4n) is 2.46. The highest BCUT2D eigenvalue weighted by Gasteiger charge is 2.34. The lowest BCUT2D eigenvalue weighted by atomic mass is 10.1. The van der Waals surface area contributed by atoms with Gasteiger partial charge in [0.15, 0.2) is 0 Å². The summed E-state index contributed by atoms with van der Waals surface area (Å²) in [5.41, 5.74) is 8.19. The van der Waals surface area contributed by atoms with E-state index >= 15 is 0 Å². The van der Waals surface area contributed by atoms with Gasteiger partial charge < -0.3 is 11.1 Å². The van der Waals surface area contributed by atoms with E-state index in [1.807, 2.05) is 24.3 Å². The molecule has 124 valence electrons. The number of hydrogen-bond donors (Lipinski definition) is 2. The van der Waals surface area contributed by atoms with Crippen molar-refractivity contribution in [3.63, 3.8) is 0 Å². The van der Waals surface area contributed by atoms with Gasteiger partial charge >= 0.3 is 6.18 Å². The maximum atomic E-state index is 12.5. The van der Waals surface area contributed by atoms with Gasteiger partial charge in [0.1, 0.15) is 0 Å². The molecule has 1 aliphatic rings. The van der Waals surface area contributed by atoms with Crippen molar-refractivity contribution in [2.45, 2.75) is 31.1 Å². The van der Waals surface area contributed by atoms with Crippen LogP contribution in [0, 0.1) is 0 Å². The molecule has 1 saturated carbocycles. The molecule has 2 aromatic carbocycles. The second-order valence-electron chi connectivity index (χ2n) is 5.68. The molecule has 2 nitrogen and oxygen atoms in total. The van der Waals surface area contributed by atoms with Gasteiger partial charge in [-0.1, -0.05) is 24.3 Å². The zero-order valence-corrected chi connectivity index (χ0v) is 13.1.